The lowest BCUT2D eigenvalue weighted by Crippen LogP contribution is -1.97. The topological polar surface area (TPSA) is 49.8 Å². The molecule has 0 aliphatic heterocycles. The molecule has 0 aromatic rings. The van der Waals surface area contributed by atoms with Crippen molar-refractivity contribution in [2.75, 3.05) is 0 Å². The Morgan fingerprint density at radius 1 is 1.55 bits per heavy atom. The van der Waals surface area contributed by atoms with E-state index in [4.69, 9.17) is 11.0 Å². The van der Waals surface area contributed by atoms with Crippen LogP contribution >= 0.6 is 0 Å². The number of nitriles is 1. The highest BCUT2D eigenvalue weighted by Gasteiger charge is 2.01. The van der Waals surface area contributed by atoms with Crippen LogP contribution < -0.4 is 5.73 Å². The highest BCUT2D eigenvalue weighted by molar-refractivity contribution is 5.44. The van der Waals surface area contributed by atoms with E-state index >= 15 is 0 Å². The van der Waals surface area contributed by atoms with Crippen LogP contribution in [0.4, 0.5) is 0 Å². The van der Waals surface area contributed by atoms with E-state index in [1.807, 2.05) is 25.1 Å². The maximum Gasteiger partial charge on any atom is 0.101 e. The Balaban J connectivity index is 2.98. The Morgan fingerprint density at radius 2 is 2.27 bits per heavy atom. The van der Waals surface area contributed by atoms with Crippen LogP contribution in [0.5, 0.6) is 0 Å². The van der Waals surface area contributed by atoms with Gasteiger partial charge in [-0.3, -0.25) is 0 Å². The van der Waals surface area contributed by atoms with Crippen molar-refractivity contribution in [1.29, 1.82) is 5.26 Å². The SMILES string of the molecule is CC1=CC=C(N)C(C#N)=CC1. The van der Waals surface area contributed by atoms with Gasteiger partial charge >= 0.3 is 0 Å². The molecule has 0 amide bonds. The molecule has 0 saturated carbocycles. The summed E-state index contributed by atoms with van der Waals surface area (Å²) in [5.41, 5.74) is 7.94. The van der Waals surface area contributed by atoms with Gasteiger partial charge in [-0.2, -0.15) is 5.26 Å². The lowest BCUT2D eigenvalue weighted by atomic mass is 10.2. The van der Waals surface area contributed by atoms with Gasteiger partial charge in [0.2, 0.25) is 0 Å². The lowest BCUT2D eigenvalue weighted by Gasteiger charge is -1.92. The van der Waals surface area contributed by atoms with E-state index < -0.39 is 0 Å². The van der Waals surface area contributed by atoms with Crippen LogP contribution in [0.2, 0.25) is 0 Å². The maximum absolute atomic E-state index is 8.61. The summed E-state index contributed by atoms with van der Waals surface area (Å²) in [6.07, 6.45) is 6.39. The Kier molecular flexibility index (Phi) is 2.12. The van der Waals surface area contributed by atoms with Crippen LogP contribution in [0, 0.1) is 11.3 Å². The first-order valence-electron chi connectivity index (χ1n) is 3.47. The van der Waals surface area contributed by atoms with E-state index in [0.29, 0.717) is 11.3 Å². The molecule has 0 atom stereocenters. The number of rotatable bonds is 0. The number of nitrogens with zero attached hydrogens (tertiary/aromatic N) is 1. The molecule has 0 saturated heterocycles. The molecule has 0 unspecified atom stereocenters. The van der Waals surface area contributed by atoms with Crippen LogP contribution in [0.25, 0.3) is 0 Å². The summed E-state index contributed by atoms with van der Waals surface area (Å²) in [4.78, 5) is 0. The summed E-state index contributed by atoms with van der Waals surface area (Å²) >= 11 is 0. The van der Waals surface area contributed by atoms with E-state index in [2.05, 4.69) is 0 Å². The van der Waals surface area contributed by atoms with Crippen LogP contribution in [0.1, 0.15) is 13.3 Å². The summed E-state index contributed by atoms with van der Waals surface area (Å²) in [5, 5.41) is 8.61. The molecule has 1 rings (SSSR count). The average molecular weight is 146 g/mol. The van der Waals surface area contributed by atoms with Gasteiger partial charge in [0, 0.05) is 5.70 Å². The van der Waals surface area contributed by atoms with Gasteiger partial charge in [0.1, 0.15) is 6.07 Å². The Hall–Kier alpha value is -1.49. The quantitative estimate of drug-likeness (QED) is 0.564. The van der Waals surface area contributed by atoms with Crippen molar-refractivity contribution in [3.8, 4) is 6.07 Å². The first kappa shape index (κ1) is 7.62. The number of allylic oxidation sites excluding steroid dienone is 5. The lowest BCUT2D eigenvalue weighted by molar-refractivity contribution is 1.21. The monoisotopic (exact) mass is 146 g/mol. The normalized spacial score (nSPS) is 17.3. The van der Waals surface area contributed by atoms with Gasteiger partial charge in [0.25, 0.3) is 0 Å². The summed E-state index contributed by atoms with van der Waals surface area (Å²) in [7, 11) is 0. The minimum atomic E-state index is 0.560. The fourth-order valence-electron chi connectivity index (χ4n) is 0.881. The van der Waals surface area contributed by atoms with Crippen LogP contribution in [0.3, 0.4) is 0 Å². The van der Waals surface area contributed by atoms with Crippen LogP contribution in [0.15, 0.2) is 35.1 Å². The van der Waals surface area contributed by atoms with Gasteiger partial charge in [-0.15, -0.1) is 0 Å². The second kappa shape index (κ2) is 3.07. The third-order valence-corrected chi connectivity index (χ3v) is 1.61. The average Bonchev–Trinajstić information content (AvgIpc) is 2.15. The molecule has 0 aromatic carbocycles. The molecule has 0 radical (unpaired) electrons. The molecule has 0 aromatic heterocycles. The van der Waals surface area contributed by atoms with E-state index in [0.717, 1.165) is 6.42 Å². The smallest absolute Gasteiger partial charge is 0.101 e. The van der Waals surface area contributed by atoms with E-state index in [1.54, 1.807) is 6.08 Å². The summed E-state index contributed by atoms with van der Waals surface area (Å²) < 4.78 is 0. The van der Waals surface area contributed by atoms with Crippen molar-refractivity contribution >= 4 is 0 Å². The fourth-order valence-corrected chi connectivity index (χ4v) is 0.881. The second-order valence-electron chi connectivity index (χ2n) is 2.57. The van der Waals surface area contributed by atoms with Crippen molar-refractivity contribution in [2.45, 2.75) is 13.3 Å². The number of hydrogen-bond donors (Lipinski definition) is 1. The molecule has 0 heterocycles. The van der Waals surface area contributed by atoms with Gasteiger partial charge < -0.3 is 5.73 Å². The van der Waals surface area contributed by atoms with Gasteiger partial charge in [-0.25, -0.2) is 0 Å². The third-order valence-electron chi connectivity index (χ3n) is 1.61. The zero-order chi connectivity index (χ0) is 8.27. The molecule has 2 N–H and O–H groups in total. The van der Waals surface area contributed by atoms with Gasteiger partial charge in [-0.1, -0.05) is 17.7 Å². The minimum absolute atomic E-state index is 0.560. The standard InChI is InChI=1S/C9H10N2/c1-7-2-4-8(6-10)9(11)5-3-7/h3-5H,2,11H2,1H3. The molecule has 0 fully saturated rings. The van der Waals surface area contributed by atoms with Crippen molar-refractivity contribution < 1.29 is 0 Å². The maximum atomic E-state index is 8.61. The van der Waals surface area contributed by atoms with Crippen LogP contribution in [-0.4, -0.2) is 0 Å². The first-order valence-corrected chi connectivity index (χ1v) is 3.47. The molecular weight excluding hydrogens is 136 g/mol. The zero-order valence-corrected chi connectivity index (χ0v) is 6.46. The summed E-state index contributed by atoms with van der Waals surface area (Å²) in [5.74, 6) is 0. The van der Waals surface area contributed by atoms with E-state index in [1.165, 1.54) is 5.57 Å². The van der Waals surface area contributed by atoms with Crippen molar-refractivity contribution in [2.24, 2.45) is 5.73 Å². The predicted molar refractivity (Wildman–Crippen MR) is 44.3 cm³/mol. The minimum Gasteiger partial charge on any atom is -0.398 e. The molecule has 0 bridgehead atoms. The highest BCUT2D eigenvalue weighted by Crippen LogP contribution is 2.13. The van der Waals surface area contributed by atoms with E-state index in [9.17, 15) is 0 Å². The summed E-state index contributed by atoms with van der Waals surface area (Å²) in [6, 6.07) is 2.05. The van der Waals surface area contributed by atoms with Gasteiger partial charge in [0.05, 0.1) is 5.57 Å². The molecule has 1 aliphatic rings. The molecule has 0 spiro atoms. The number of nitrogens with two attached hydrogens (primary N) is 1. The van der Waals surface area contributed by atoms with Crippen molar-refractivity contribution in [3.63, 3.8) is 0 Å². The molecule has 2 heteroatoms. The molecule has 56 valence electrons. The molecule has 2 nitrogen and oxygen atoms in total. The zero-order valence-electron chi connectivity index (χ0n) is 6.46. The molecule has 11 heavy (non-hydrogen) atoms. The molecular formula is C9H10N2. The van der Waals surface area contributed by atoms with Crippen LogP contribution in [-0.2, 0) is 0 Å². The van der Waals surface area contributed by atoms with Gasteiger partial charge in [0.15, 0.2) is 0 Å². The number of hydrogen-bond acceptors (Lipinski definition) is 2. The van der Waals surface area contributed by atoms with E-state index in [-0.39, 0.29) is 0 Å². The Morgan fingerprint density at radius 3 is 2.91 bits per heavy atom. The predicted octanol–water partition coefficient (Wildman–Crippen LogP) is 1.63. The van der Waals surface area contributed by atoms with Crippen molar-refractivity contribution in [3.05, 3.63) is 35.1 Å². The molecule has 1 aliphatic carbocycles. The summed E-state index contributed by atoms with van der Waals surface area (Å²) in [6.45, 7) is 2.01. The Bertz CT molecular complexity index is 287. The largest absolute Gasteiger partial charge is 0.398 e. The van der Waals surface area contributed by atoms with Crippen molar-refractivity contribution in [1.82, 2.24) is 0 Å². The third kappa shape index (κ3) is 1.71. The first-order chi connectivity index (χ1) is 5.24. The Labute approximate surface area is 66.3 Å². The highest BCUT2D eigenvalue weighted by atomic mass is 14.6. The van der Waals surface area contributed by atoms with Gasteiger partial charge in [-0.05, 0) is 19.4 Å². The second-order valence-corrected chi connectivity index (χ2v) is 2.57. The fraction of sp³-hybridized carbons (Fsp3) is 0.222.